The van der Waals surface area contributed by atoms with Crippen molar-refractivity contribution in [2.45, 2.75) is 50.7 Å². The maximum Gasteiger partial charge on any atom is 0.303 e. The summed E-state index contributed by atoms with van der Waals surface area (Å²) in [5.41, 5.74) is 0. The van der Waals surface area contributed by atoms with Crippen molar-refractivity contribution in [1.82, 2.24) is 0 Å². The molecular weight excluding hydrogens is 232 g/mol. The smallest absolute Gasteiger partial charge is 0.303 e. The molecule has 0 aromatic carbocycles. The van der Waals surface area contributed by atoms with Crippen LogP contribution in [0.15, 0.2) is 12.2 Å². The lowest BCUT2D eigenvalue weighted by atomic mass is 9.79. The Balaban J connectivity index is 1.70. The van der Waals surface area contributed by atoms with Gasteiger partial charge in [0.15, 0.2) is 0 Å². The number of carboxylic acid groups (broad SMARTS) is 1. The molecule has 0 unspecified atom stereocenters. The highest BCUT2D eigenvalue weighted by atomic mass is 16.5. The zero-order chi connectivity index (χ0) is 13.0. The van der Waals surface area contributed by atoms with Crippen LogP contribution in [0.4, 0.5) is 0 Å². The second-order valence-electron chi connectivity index (χ2n) is 5.28. The molecule has 4 nitrogen and oxygen atoms in total. The van der Waals surface area contributed by atoms with Crippen LogP contribution in [0.3, 0.4) is 0 Å². The lowest BCUT2D eigenvalue weighted by Gasteiger charge is -2.23. The molecule has 2 heterocycles. The van der Waals surface area contributed by atoms with Crippen molar-refractivity contribution in [1.29, 1.82) is 0 Å². The summed E-state index contributed by atoms with van der Waals surface area (Å²) >= 11 is 0. The molecule has 2 N–H and O–H groups in total. The third-order valence-corrected chi connectivity index (χ3v) is 4.07. The van der Waals surface area contributed by atoms with Crippen LogP contribution in [-0.2, 0) is 9.53 Å². The van der Waals surface area contributed by atoms with Crippen molar-refractivity contribution in [3.63, 3.8) is 0 Å². The minimum absolute atomic E-state index is 0.204. The summed E-state index contributed by atoms with van der Waals surface area (Å²) < 4.78 is 5.81. The van der Waals surface area contributed by atoms with Crippen LogP contribution in [0, 0.1) is 11.8 Å². The Bertz CT molecular complexity index is 313. The Kier molecular flexibility index (Phi) is 4.78. The minimum Gasteiger partial charge on any atom is -0.481 e. The molecule has 0 saturated carbocycles. The predicted molar refractivity (Wildman–Crippen MR) is 67.2 cm³/mol. The van der Waals surface area contributed by atoms with Gasteiger partial charge in [-0.2, -0.15) is 0 Å². The van der Waals surface area contributed by atoms with Crippen LogP contribution < -0.4 is 0 Å². The summed E-state index contributed by atoms with van der Waals surface area (Å²) in [6.07, 6.45) is 9.84. The minimum atomic E-state index is -0.721. The summed E-state index contributed by atoms with van der Waals surface area (Å²) in [5, 5.41) is 17.9. The Hall–Kier alpha value is -0.870. The predicted octanol–water partition coefficient (Wildman–Crippen LogP) is 1.97. The van der Waals surface area contributed by atoms with Gasteiger partial charge < -0.3 is 14.9 Å². The summed E-state index contributed by atoms with van der Waals surface area (Å²) in [4.78, 5) is 10.3. The van der Waals surface area contributed by atoms with E-state index in [4.69, 9.17) is 9.84 Å². The van der Waals surface area contributed by atoms with E-state index in [-0.39, 0.29) is 25.0 Å². The van der Waals surface area contributed by atoms with E-state index in [1.54, 1.807) is 0 Å². The monoisotopic (exact) mass is 254 g/mol. The first kappa shape index (κ1) is 13.6. The van der Waals surface area contributed by atoms with Gasteiger partial charge in [0.1, 0.15) is 0 Å². The lowest BCUT2D eigenvalue weighted by molar-refractivity contribution is -0.137. The number of carboxylic acids is 1. The molecule has 4 heteroatoms. The van der Waals surface area contributed by atoms with Crippen LogP contribution in [-0.4, -0.2) is 35.0 Å². The number of unbranched alkanes of at least 4 members (excludes halogenated alkanes) is 2. The van der Waals surface area contributed by atoms with Gasteiger partial charge in [-0.1, -0.05) is 12.2 Å². The number of aliphatic hydroxyl groups excluding tert-OH is 1. The molecule has 18 heavy (non-hydrogen) atoms. The summed E-state index contributed by atoms with van der Waals surface area (Å²) in [6, 6.07) is 0. The molecule has 2 saturated heterocycles. The zero-order valence-corrected chi connectivity index (χ0v) is 10.6. The quantitative estimate of drug-likeness (QED) is 0.538. The van der Waals surface area contributed by atoms with E-state index >= 15 is 0 Å². The Morgan fingerprint density at radius 1 is 1.28 bits per heavy atom. The molecule has 2 fully saturated rings. The molecule has 4 atom stereocenters. The second kappa shape index (κ2) is 6.34. The first-order chi connectivity index (χ1) is 8.72. The van der Waals surface area contributed by atoms with Gasteiger partial charge in [0.05, 0.1) is 12.2 Å². The molecule has 0 aliphatic carbocycles. The average molecular weight is 254 g/mol. The van der Waals surface area contributed by atoms with Crippen LogP contribution in [0.5, 0.6) is 0 Å². The van der Waals surface area contributed by atoms with Crippen molar-refractivity contribution < 1.29 is 19.7 Å². The van der Waals surface area contributed by atoms with Crippen LogP contribution in [0.25, 0.3) is 0 Å². The van der Waals surface area contributed by atoms with Crippen molar-refractivity contribution >= 4 is 5.97 Å². The number of hydrogen-bond acceptors (Lipinski definition) is 3. The molecule has 2 aliphatic rings. The number of hydrogen-bond donors (Lipinski definition) is 2. The van der Waals surface area contributed by atoms with Crippen molar-refractivity contribution in [3.05, 3.63) is 12.2 Å². The van der Waals surface area contributed by atoms with Gasteiger partial charge in [0.2, 0.25) is 0 Å². The van der Waals surface area contributed by atoms with Crippen LogP contribution >= 0.6 is 0 Å². The second-order valence-corrected chi connectivity index (χ2v) is 5.28. The average Bonchev–Trinajstić information content (AvgIpc) is 2.93. The third-order valence-electron chi connectivity index (χ3n) is 4.07. The van der Waals surface area contributed by atoms with Crippen molar-refractivity contribution in [3.8, 4) is 0 Å². The Morgan fingerprint density at radius 3 is 2.78 bits per heavy atom. The maximum absolute atomic E-state index is 10.3. The van der Waals surface area contributed by atoms with Gasteiger partial charge in [0.25, 0.3) is 0 Å². The first-order valence-corrected chi connectivity index (χ1v) is 6.87. The van der Waals surface area contributed by atoms with Gasteiger partial charge in [-0.15, -0.1) is 0 Å². The normalized spacial score (nSPS) is 34.5. The third kappa shape index (κ3) is 3.12. The number of ether oxygens (including phenoxy) is 1. The largest absolute Gasteiger partial charge is 0.481 e. The van der Waals surface area contributed by atoms with Gasteiger partial charge >= 0.3 is 5.97 Å². The number of aliphatic hydroxyl groups is 1. The highest BCUT2D eigenvalue weighted by molar-refractivity contribution is 5.66. The molecule has 2 bridgehead atoms. The molecular formula is C14H22O4. The first-order valence-electron chi connectivity index (χ1n) is 6.87. The highest BCUT2D eigenvalue weighted by Crippen LogP contribution is 2.43. The van der Waals surface area contributed by atoms with Crippen molar-refractivity contribution in [2.75, 3.05) is 6.61 Å². The molecule has 0 spiro atoms. The summed E-state index contributed by atoms with van der Waals surface area (Å²) in [7, 11) is 0. The number of rotatable bonds is 7. The molecule has 0 aromatic heterocycles. The Morgan fingerprint density at radius 2 is 2.06 bits per heavy atom. The summed E-state index contributed by atoms with van der Waals surface area (Å²) in [5.74, 6) is -0.104. The molecule has 0 aromatic rings. The maximum atomic E-state index is 10.3. The van der Waals surface area contributed by atoms with E-state index in [0.717, 1.165) is 32.1 Å². The molecule has 2 aliphatic heterocycles. The van der Waals surface area contributed by atoms with E-state index in [1.165, 1.54) is 0 Å². The van der Waals surface area contributed by atoms with Crippen LogP contribution in [0.1, 0.15) is 38.5 Å². The van der Waals surface area contributed by atoms with E-state index in [2.05, 4.69) is 12.2 Å². The van der Waals surface area contributed by atoms with Crippen LogP contribution in [0.2, 0.25) is 0 Å². The Labute approximate surface area is 108 Å². The number of carbonyl (C=O) groups is 1. The molecule has 102 valence electrons. The SMILES string of the molecule is O=C(O)CCCC/C=C\[C@@H]1[C@@H](CO)[C@H]2CC[C@@H]1O2. The fraction of sp³-hybridized carbons (Fsp3) is 0.786. The lowest BCUT2D eigenvalue weighted by Crippen LogP contribution is -2.28. The number of allylic oxidation sites excluding steroid dienone is 1. The fourth-order valence-electron chi connectivity index (χ4n) is 3.11. The number of aliphatic carboxylic acids is 1. The van der Waals surface area contributed by atoms with Gasteiger partial charge in [-0.3, -0.25) is 4.79 Å². The topological polar surface area (TPSA) is 66.8 Å². The van der Waals surface area contributed by atoms with Gasteiger partial charge in [-0.05, 0) is 32.1 Å². The van der Waals surface area contributed by atoms with E-state index in [9.17, 15) is 9.90 Å². The number of fused-ring (bicyclic) bond motifs is 2. The van der Waals surface area contributed by atoms with E-state index in [0.29, 0.717) is 12.0 Å². The highest BCUT2D eigenvalue weighted by Gasteiger charge is 2.47. The van der Waals surface area contributed by atoms with Gasteiger partial charge in [0, 0.05) is 24.9 Å². The standard InChI is InChI=1S/C14H22O4/c15-9-11-10(12-7-8-13(11)18-12)5-3-1-2-4-6-14(16)17/h3,5,10-13,15H,1-2,4,6-9H2,(H,16,17)/b5-3-/t10-,11-,12+,13-/m1/s1. The molecule has 2 rings (SSSR count). The summed E-state index contributed by atoms with van der Waals surface area (Å²) in [6.45, 7) is 0.204. The fourth-order valence-corrected chi connectivity index (χ4v) is 3.11. The zero-order valence-electron chi connectivity index (χ0n) is 10.6. The molecule has 0 amide bonds. The van der Waals surface area contributed by atoms with Gasteiger partial charge in [-0.25, -0.2) is 0 Å². The van der Waals surface area contributed by atoms with E-state index < -0.39 is 5.97 Å². The van der Waals surface area contributed by atoms with Crippen molar-refractivity contribution in [2.24, 2.45) is 11.8 Å². The van der Waals surface area contributed by atoms with E-state index in [1.807, 2.05) is 0 Å². The molecule has 0 radical (unpaired) electrons.